The van der Waals surface area contributed by atoms with Gasteiger partial charge in [-0.3, -0.25) is 0 Å². The lowest BCUT2D eigenvalue weighted by Gasteiger charge is -2.12. The van der Waals surface area contributed by atoms with Crippen LogP contribution in [0.5, 0.6) is 17.2 Å². The van der Waals surface area contributed by atoms with Crippen LogP contribution in [-0.2, 0) is 0 Å². The third kappa shape index (κ3) is 2.67. The maximum atomic E-state index is 5.93. The van der Waals surface area contributed by atoms with E-state index in [1.54, 1.807) is 19.2 Å². The van der Waals surface area contributed by atoms with E-state index >= 15 is 0 Å². The zero-order valence-corrected chi connectivity index (χ0v) is 13.1. The number of methoxy groups -OCH3 is 1. The van der Waals surface area contributed by atoms with Crippen molar-refractivity contribution in [2.24, 2.45) is 0 Å². The SMILES string of the molecule is COc1cc(Oc2ccc3ccccc3c2Br)ccc1N. The Balaban J connectivity index is 2.00. The minimum Gasteiger partial charge on any atom is -0.494 e. The number of benzene rings is 3. The van der Waals surface area contributed by atoms with Crippen LogP contribution in [0.4, 0.5) is 5.69 Å². The van der Waals surface area contributed by atoms with Crippen molar-refractivity contribution < 1.29 is 9.47 Å². The summed E-state index contributed by atoms with van der Waals surface area (Å²) in [5.41, 5.74) is 6.39. The summed E-state index contributed by atoms with van der Waals surface area (Å²) in [6, 6.07) is 17.5. The molecule has 0 spiro atoms. The van der Waals surface area contributed by atoms with Gasteiger partial charge in [0.1, 0.15) is 17.2 Å². The summed E-state index contributed by atoms with van der Waals surface area (Å²) in [7, 11) is 1.58. The van der Waals surface area contributed by atoms with E-state index in [1.165, 1.54) is 0 Å². The highest BCUT2D eigenvalue weighted by molar-refractivity contribution is 9.10. The van der Waals surface area contributed by atoms with Crippen molar-refractivity contribution in [3.63, 3.8) is 0 Å². The molecule has 3 aromatic carbocycles. The average Bonchev–Trinajstić information content (AvgIpc) is 2.52. The Morgan fingerprint density at radius 2 is 1.76 bits per heavy atom. The van der Waals surface area contributed by atoms with Crippen LogP contribution in [0.15, 0.2) is 59.1 Å². The van der Waals surface area contributed by atoms with Crippen LogP contribution < -0.4 is 15.2 Å². The molecule has 21 heavy (non-hydrogen) atoms. The lowest BCUT2D eigenvalue weighted by molar-refractivity contribution is 0.411. The van der Waals surface area contributed by atoms with Gasteiger partial charge < -0.3 is 15.2 Å². The normalized spacial score (nSPS) is 10.6. The van der Waals surface area contributed by atoms with Gasteiger partial charge in [-0.25, -0.2) is 0 Å². The van der Waals surface area contributed by atoms with Crippen molar-refractivity contribution >= 4 is 32.4 Å². The summed E-state index contributed by atoms with van der Waals surface area (Å²) in [6.45, 7) is 0. The fourth-order valence-corrected chi connectivity index (χ4v) is 2.75. The van der Waals surface area contributed by atoms with Crippen LogP contribution in [-0.4, -0.2) is 7.11 Å². The molecule has 0 bridgehead atoms. The second-order valence-corrected chi connectivity index (χ2v) is 5.40. The zero-order valence-electron chi connectivity index (χ0n) is 11.5. The summed E-state index contributed by atoms with van der Waals surface area (Å²) in [5.74, 6) is 2.03. The highest BCUT2D eigenvalue weighted by atomic mass is 79.9. The number of rotatable bonds is 3. The number of nitrogen functional groups attached to an aromatic ring is 1. The van der Waals surface area contributed by atoms with Crippen LogP contribution >= 0.6 is 15.9 Å². The van der Waals surface area contributed by atoms with Crippen LogP contribution in [0.2, 0.25) is 0 Å². The molecule has 3 nitrogen and oxygen atoms in total. The van der Waals surface area contributed by atoms with E-state index in [9.17, 15) is 0 Å². The van der Waals surface area contributed by atoms with Crippen molar-refractivity contribution in [3.8, 4) is 17.2 Å². The summed E-state index contributed by atoms with van der Waals surface area (Å²) in [5, 5.41) is 2.27. The van der Waals surface area contributed by atoms with Gasteiger partial charge in [-0.05, 0) is 44.9 Å². The first kappa shape index (κ1) is 13.8. The molecule has 0 amide bonds. The zero-order chi connectivity index (χ0) is 14.8. The van der Waals surface area contributed by atoms with Gasteiger partial charge in [0.05, 0.1) is 17.3 Å². The monoisotopic (exact) mass is 343 g/mol. The van der Waals surface area contributed by atoms with Gasteiger partial charge >= 0.3 is 0 Å². The molecule has 0 aromatic heterocycles. The first-order valence-corrected chi connectivity index (χ1v) is 7.27. The van der Waals surface area contributed by atoms with Crippen LogP contribution in [0.3, 0.4) is 0 Å². The largest absolute Gasteiger partial charge is 0.494 e. The fraction of sp³-hybridized carbons (Fsp3) is 0.0588. The third-order valence-electron chi connectivity index (χ3n) is 3.26. The molecule has 2 N–H and O–H groups in total. The molecule has 0 unspecified atom stereocenters. The molecule has 0 aliphatic rings. The molecule has 0 radical (unpaired) electrons. The second kappa shape index (κ2) is 5.66. The van der Waals surface area contributed by atoms with Gasteiger partial charge in [-0.1, -0.05) is 30.3 Å². The predicted octanol–water partition coefficient (Wildman–Crippen LogP) is 4.99. The van der Waals surface area contributed by atoms with Crippen LogP contribution in [0.25, 0.3) is 10.8 Å². The summed E-state index contributed by atoms with van der Waals surface area (Å²) >= 11 is 3.61. The van der Waals surface area contributed by atoms with Crippen LogP contribution in [0, 0.1) is 0 Å². The van der Waals surface area contributed by atoms with Crippen molar-refractivity contribution in [2.45, 2.75) is 0 Å². The minimum absolute atomic E-state index is 0.586. The molecular formula is C17H14BrNO2. The predicted molar refractivity (Wildman–Crippen MR) is 89.1 cm³/mol. The average molecular weight is 344 g/mol. The van der Waals surface area contributed by atoms with E-state index in [0.29, 0.717) is 17.2 Å². The molecule has 0 heterocycles. The number of halogens is 1. The molecule has 0 saturated heterocycles. The highest BCUT2D eigenvalue weighted by Gasteiger charge is 2.08. The molecule has 3 rings (SSSR count). The molecule has 0 atom stereocenters. The van der Waals surface area contributed by atoms with E-state index < -0.39 is 0 Å². The van der Waals surface area contributed by atoms with E-state index in [1.807, 2.05) is 30.3 Å². The number of ether oxygens (including phenoxy) is 2. The van der Waals surface area contributed by atoms with E-state index in [-0.39, 0.29) is 0 Å². The quantitative estimate of drug-likeness (QED) is 0.681. The number of nitrogens with two attached hydrogens (primary N) is 1. The summed E-state index contributed by atoms with van der Waals surface area (Å²) < 4.78 is 12.1. The van der Waals surface area contributed by atoms with E-state index in [2.05, 4.69) is 28.1 Å². The Morgan fingerprint density at radius 3 is 2.57 bits per heavy atom. The fourth-order valence-electron chi connectivity index (χ4n) is 2.17. The first-order chi connectivity index (χ1) is 10.2. The standard InChI is InChI=1S/C17H14BrNO2/c1-20-16-10-12(7-8-14(16)19)21-15-9-6-11-4-2-3-5-13(11)17(15)18/h2-10H,19H2,1H3. The van der Waals surface area contributed by atoms with E-state index in [4.69, 9.17) is 15.2 Å². The molecule has 4 heteroatoms. The Bertz CT molecular complexity index is 802. The highest BCUT2D eigenvalue weighted by Crippen LogP contribution is 2.37. The Kier molecular flexibility index (Phi) is 3.71. The third-order valence-corrected chi connectivity index (χ3v) is 4.08. The van der Waals surface area contributed by atoms with Crippen molar-refractivity contribution in [3.05, 3.63) is 59.1 Å². The van der Waals surface area contributed by atoms with Gasteiger partial charge in [-0.2, -0.15) is 0 Å². The van der Waals surface area contributed by atoms with Gasteiger partial charge in [0.15, 0.2) is 0 Å². The maximum absolute atomic E-state index is 5.93. The molecule has 0 fully saturated rings. The molecule has 0 aliphatic heterocycles. The van der Waals surface area contributed by atoms with Gasteiger partial charge in [0, 0.05) is 6.07 Å². The van der Waals surface area contributed by atoms with Gasteiger partial charge in [-0.15, -0.1) is 0 Å². The van der Waals surface area contributed by atoms with E-state index in [0.717, 1.165) is 21.0 Å². The molecule has 0 aliphatic carbocycles. The van der Waals surface area contributed by atoms with Crippen molar-refractivity contribution in [1.29, 1.82) is 0 Å². The number of fused-ring (bicyclic) bond motifs is 1. The topological polar surface area (TPSA) is 44.5 Å². The number of hydrogen-bond acceptors (Lipinski definition) is 3. The molecule has 0 saturated carbocycles. The van der Waals surface area contributed by atoms with Gasteiger partial charge in [0.2, 0.25) is 0 Å². The maximum Gasteiger partial charge on any atom is 0.145 e. The van der Waals surface area contributed by atoms with Crippen molar-refractivity contribution in [2.75, 3.05) is 12.8 Å². The molecule has 106 valence electrons. The first-order valence-electron chi connectivity index (χ1n) is 6.47. The Morgan fingerprint density at radius 1 is 0.952 bits per heavy atom. The molecule has 3 aromatic rings. The Hall–Kier alpha value is -2.20. The summed E-state index contributed by atoms with van der Waals surface area (Å²) in [6.07, 6.45) is 0. The van der Waals surface area contributed by atoms with Gasteiger partial charge in [0.25, 0.3) is 0 Å². The number of anilines is 1. The number of hydrogen-bond donors (Lipinski definition) is 1. The van der Waals surface area contributed by atoms with Crippen LogP contribution in [0.1, 0.15) is 0 Å². The minimum atomic E-state index is 0.586. The lowest BCUT2D eigenvalue weighted by Crippen LogP contribution is -1.93. The second-order valence-electron chi connectivity index (χ2n) is 4.60. The molecular weight excluding hydrogens is 330 g/mol. The smallest absolute Gasteiger partial charge is 0.145 e. The Labute approximate surface area is 131 Å². The lowest BCUT2D eigenvalue weighted by atomic mass is 10.1. The summed E-state index contributed by atoms with van der Waals surface area (Å²) in [4.78, 5) is 0. The van der Waals surface area contributed by atoms with Crippen molar-refractivity contribution in [1.82, 2.24) is 0 Å².